The van der Waals surface area contributed by atoms with E-state index < -0.39 is 16.1 Å². The quantitative estimate of drug-likeness (QED) is 0.883. The fourth-order valence-corrected chi connectivity index (χ4v) is 4.70. The summed E-state index contributed by atoms with van der Waals surface area (Å²) in [6.45, 7) is 3.61. The maximum Gasteiger partial charge on any atom is 0.261 e. The van der Waals surface area contributed by atoms with E-state index in [9.17, 15) is 8.42 Å². The summed E-state index contributed by atoms with van der Waals surface area (Å²) in [4.78, 5) is 4.26. The molecule has 2 aromatic heterocycles. The lowest BCUT2D eigenvalue weighted by molar-refractivity contribution is 0.547. The minimum Gasteiger partial charge on any atom is -0.245 e. The van der Waals surface area contributed by atoms with E-state index in [1.807, 2.05) is 12.3 Å². The van der Waals surface area contributed by atoms with Gasteiger partial charge in [-0.05, 0) is 29.8 Å². The van der Waals surface area contributed by atoms with Crippen LogP contribution in [0.1, 0.15) is 23.7 Å². The molecular weight excluding hydrogens is 354 g/mol. The highest BCUT2D eigenvalue weighted by Gasteiger charge is 2.26. The molecule has 7 nitrogen and oxygen atoms in total. The Hall–Kier alpha value is -0.840. The van der Waals surface area contributed by atoms with Crippen molar-refractivity contribution in [2.45, 2.75) is 24.9 Å². The monoisotopic (exact) mass is 365 g/mol. The number of aromatic nitrogens is 4. The second-order valence-corrected chi connectivity index (χ2v) is 7.25. The molecule has 0 fully saturated rings. The molecule has 0 bridgehead atoms. The van der Waals surface area contributed by atoms with Gasteiger partial charge in [-0.2, -0.15) is 0 Å². The van der Waals surface area contributed by atoms with Crippen LogP contribution >= 0.6 is 27.3 Å². The fourth-order valence-electron chi connectivity index (χ4n) is 1.52. The van der Waals surface area contributed by atoms with E-state index >= 15 is 0 Å². The van der Waals surface area contributed by atoms with Crippen molar-refractivity contribution in [2.24, 2.45) is 7.05 Å². The highest BCUT2D eigenvalue weighted by molar-refractivity contribution is 9.10. The van der Waals surface area contributed by atoms with Gasteiger partial charge in [-0.1, -0.05) is 5.21 Å². The first kappa shape index (κ1) is 14.6. The molecule has 1 atom stereocenters. The number of nitrogens with zero attached hydrogens (tertiary/aromatic N) is 4. The third-order valence-corrected chi connectivity index (χ3v) is 5.90. The molecule has 0 saturated carbocycles. The molecule has 1 unspecified atom stereocenters. The first-order valence-electron chi connectivity index (χ1n) is 5.31. The van der Waals surface area contributed by atoms with Crippen LogP contribution in [0.25, 0.3) is 0 Å². The third kappa shape index (κ3) is 3.02. The summed E-state index contributed by atoms with van der Waals surface area (Å²) in [5, 5.41) is 9.90. The zero-order chi connectivity index (χ0) is 14.2. The molecule has 1 N–H and O–H groups in total. The van der Waals surface area contributed by atoms with Crippen LogP contribution in [0.15, 0.2) is 15.0 Å². The largest absolute Gasteiger partial charge is 0.261 e. The maximum absolute atomic E-state index is 12.3. The molecule has 0 spiro atoms. The molecule has 2 aromatic rings. The Morgan fingerprint density at radius 3 is 2.68 bits per heavy atom. The summed E-state index contributed by atoms with van der Waals surface area (Å²) in [7, 11) is -2.19. The molecule has 0 aliphatic heterocycles. The van der Waals surface area contributed by atoms with Crippen molar-refractivity contribution in [3.63, 3.8) is 0 Å². The molecule has 10 heteroatoms. The van der Waals surface area contributed by atoms with Gasteiger partial charge in [0.25, 0.3) is 10.0 Å². The minimum absolute atomic E-state index is 0.00683. The van der Waals surface area contributed by atoms with Gasteiger partial charge in [0.05, 0.1) is 6.04 Å². The topological polar surface area (TPSA) is 89.8 Å². The first-order chi connectivity index (χ1) is 8.81. The van der Waals surface area contributed by atoms with Gasteiger partial charge in [-0.25, -0.2) is 22.8 Å². The SMILES string of the molecule is Cc1csc(C(C)NS(=O)(=O)c2c(Br)nnn2C)n1. The Bertz CT molecular complexity index is 674. The van der Waals surface area contributed by atoms with Crippen molar-refractivity contribution in [2.75, 3.05) is 0 Å². The summed E-state index contributed by atoms with van der Waals surface area (Å²) in [5.41, 5.74) is 0.870. The normalized spacial score (nSPS) is 13.7. The lowest BCUT2D eigenvalue weighted by Gasteiger charge is -2.11. The van der Waals surface area contributed by atoms with Crippen molar-refractivity contribution in [1.82, 2.24) is 24.7 Å². The zero-order valence-corrected chi connectivity index (χ0v) is 13.7. The molecule has 2 rings (SSSR count). The predicted octanol–water partition coefficient (Wildman–Crippen LogP) is 1.38. The summed E-state index contributed by atoms with van der Waals surface area (Å²) < 4.78 is 28.5. The van der Waals surface area contributed by atoms with E-state index in [2.05, 4.69) is 35.9 Å². The standard InChI is InChI=1S/C9H12BrN5O2S2/c1-5-4-18-8(11-5)6(2)13-19(16,17)9-7(10)12-14-15(9)3/h4,6,13H,1-3H3. The Morgan fingerprint density at radius 1 is 1.53 bits per heavy atom. The molecule has 0 amide bonds. The molecule has 0 saturated heterocycles. The van der Waals surface area contributed by atoms with Gasteiger partial charge in [-0.15, -0.1) is 16.4 Å². The second-order valence-electron chi connectivity index (χ2n) is 3.98. The summed E-state index contributed by atoms with van der Waals surface area (Å²) in [6, 6.07) is -0.412. The molecule has 0 aliphatic rings. The van der Waals surface area contributed by atoms with Crippen molar-refractivity contribution < 1.29 is 8.42 Å². The van der Waals surface area contributed by atoms with E-state index in [0.717, 1.165) is 5.69 Å². The van der Waals surface area contributed by atoms with Gasteiger partial charge < -0.3 is 0 Å². The third-order valence-electron chi connectivity index (χ3n) is 2.33. The van der Waals surface area contributed by atoms with Crippen molar-refractivity contribution >= 4 is 37.3 Å². The predicted molar refractivity (Wildman–Crippen MR) is 74.3 cm³/mol. The molecule has 104 valence electrons. The van der Waals surface area contributed by atoms with Crippen molar-refractivity contribution in [3.05, 3.63) is 20.7 Å². The molecule has 0 radical (unpaired) electrons. The van der Waals surface area contributed by atoms with E-state index in [1.54, 1.807) is 6.92 Å². The van der Waals surface area contributed by atoms with Crippen LogP contribution in [-0.4, -0.2) is 28.4 Å². The molecule has 0 aliphatic carbocycles. The van der Waals surface area contributed by atoms with Crippen LogP contribution in [0.3, 0.4) is 0 Å². The maximum atomic E-state index is 12.3. The average Bonchev–Trinajstić information content (AvgIpc) is 2.85. The van der Waals surface area contributed by atoms with Gasteiger partial charge in [0.1, 0.15) is 5.01 Å². The summed E-state index contributed by atoms with van der Waals surface area (Å²) in [6.07, 6.45) is 0. The fraction of sp³-hybridized carbons (Fsp3) is 0.444. The van der Waals surface area contributed by atoms with Crippen LogP contribution < -0.4 is 4.72 Å². The van der Waals surface area contributed by atoms with E-state index in [-0.39, 0.29) is 9.63 Å². The number of hydrogen-bond acceptors (Lipinski definition) is 6. The van der Waals surface area contributed by atoms with Crippen LogP contribution in [0, 0.1) is 6.92 Å². The number of halogens is 1. The average molecular weight is 366 g/mol. The Balaban J connectivity index is 2.27. The Kier molecular flexibility index (Phi) is 4.04. The van der Waals surface area contributed by atoms with Gasteiger partial charge >= 0.3 is 0 Å². The lowest BCUT2D eigenvalue weighted by atomic mass is 10.4. The Morgan fingerprint density at radius 2 is 2.21 bits per heavy atom. The van der Waals surface area contributed by atoms with Crippen LogP contribution in [0.4, 0.5) is 0 Å². The number of hydrogen-bond donors (Lipinski definition) is 1. The number of sulfonamides is 1. The van der Waals surface area contributed by atoms with Gasteiger partial charge in [0.2, 0.25) is 5.03 Å². The molecule has 0 aromatic carbocycles. The summed E-state index contributed by atoms with van der Waals surface area (Å²) >= 11 is 4.49. The number of thiazole rings is 1. The number of aryl methyl sites for hydroxylation is 2. The molecular formula is C9H12BrN5O2S2. The zero-order valence-electron chi connectivity index (χ0n) is 10.5. The van der Waals surface area contributed by atoms with Crippen molar-refractivity contribution in [1.29, 1.82) is 0 Å². The van der Waals surface area contributed by atoms with Gasteiger partial charge in [-0.3, -0.25) is 0 Å². The highest BCUT2D eigenvalue weighted by Crippen LogP contribution is 2.22. The van der Waals surface area contributed by atoms with Crippen LogP contribution in [-0.2, 0) is 17.1 Å². The van der Waals surface area contributed by atoms with Crippen LogP contribution in [0.2, 0.25) is 0 Å². The summed E-state index contributed by atoms with van der Waals surface area (Å²) in [5.74, 6) is 0. The minimum atomic E-state index is -3.71. The highest BCUT2D eigenvalue weighted by atomic mass is 79.9. The van der Waals surface area contributed by atoms with E-state index in [0.29, 0.717) is 5.01 Å². The smallest absolute Gasteiger partial charge is 0.245 e. The second kappa shape index (κ2) is 5.27. The first-order valence-corrected chi connectivity index (χ1v) is 8.46. The molecule has 2 heterocycles. The van der Waals surface area contributed by atoms with Crippen LogP contribution in [0.5, 0.6) is 0 Å². The number of nitrogens with one attached hydrogen (secondary N) is 1. The van der Waals surface area contributed by atoms with E-state index in [4.69, 9.17) is 0 Å². The van der Waals surface area contributed by atoms with Gasteiger partial charge in [0, 0.05) is 18.1 Å². The van der Waals surface area contributed by atoms with Gasteiger partial charge in [0.15, 0.2) is 4.60 Å². The molecule has 19 heavy (non-hydrogen) atoms. The lowest BCUT2D eigenvalue weighted by Crippen LogP contribution is -2.28. The van der Waals surface area contributed by atoms with E-state index in [1.165, 1.54) is 23.1 Å². The number of rotatable bonds is 4. The Labute approximate surface area is 123 Å². The van der Waals surface area contributed by atoms with Crippen molar-refractivity contribution in [3.8, 4) is 0 Å².